The Kier molecular flexibility index (Phi) is 1.93. The summed E-state index contributed by atoms with van der Waals surface area (Å²) in [5, 5.41) is 0. The number of carbonyl (C=O) groups is 1. The van der Waals surface area contributed by atoms with Crippen molar-refractivity contribution >= 4 is 5.78 Å². The fraction of sp³-hybridized carbons (Fsp3) is 0.667. The summed E-state index contributed by atoms with van der Waals surface area (Å²) < 4.78 is 0. The van der Waals surface area contributed by atoms with Gasteiger partial charge in [-0.2, -0.15) is 0 Å². The lowest BCUT2D eigenvalue weighted by molar-refractivity contribution is -0.124. The minimum atomic E-state index is -0.198. The number of carbonyl (C=O) groups excluding carboxylic acids is 1. The average molecular weight is 138 g/mol. The van der Waals surface area contributed by atoms with Crippen LogP contribution in [-0.4, -0.2) is 5.78 Å². The van der Waals surface area contributed by atoms with Gasteiger partial charge in [-0.25, -0.2) is 0 Å². The molecule has 1 heteroatoms. The van der Waals surface area contributed by atoms with Gasteiger partial charge >= 0.3 is 0 Å². The van der Waals surface area contributed by atoms with E-state index in [9.17, 15) is 4.79 Å². The van der Waals surface area contributed by atoms with Gasteiger partial charge in [0.05, 0.1) is 0 Å². The molecule has 0 radical (unpaired) electrons. The van der Waals surface area contributed by atoms with E-state index in [0.717, 1.165) is 19.3 Å². The Labute approximate surface area is 62.1 Å². The predicted octanol–water partition coefficient (Wildman–Crippen LogP) is 2.32. The Balaban J connectivity index is 2.77. The van der Waals surface area contributed by atoms with Crippen molar-refractivity contribution in [2.75, 3.05) is 0 Å². The van der Waals surface area contributed by atoms with Crippen molar-refractivity contribution in [2.24, 2.45) is 5.41 Å². The molecule has 1 aliphatic rings. The highest BCUT2D eigenvalue weighted by Crippen LogP contribution is 2.24. The minimum Gasteiger partial charge on any atom is -0.299 e. The van der Waals surface area contributed by atoms with Gasteiger partial charge < -0.3 is 0 Å². The molecule has 0 aromatic rings. The van der Waals surface area contributed by atoms with E-state index in [4.69, 9.17) is 0 Å². The molecule has 0 fully saturated rings. The molecule has 56 valence electrons. The van der Waals surface area contributed by atoms with Crippen molar-refractivity contribution in [3.8, 4) is 0 Å². The predicted molar refractivity (Wildman–Crippen MR) is 41.8 cm³/mol. The quantitative estimate of drug-likeness (QED) is 0.469. The van der Waals surface area contributed by atoms with Crippen LogP contribution in [0, 0.1) is 5.41 Å². The Morgan fingerprint density at radius 2 is 2.20 bits per heavy atom. The van der Waals surface area contributed by atoms with Crippen molar-refractivity contribution in [2.45, 2.75) is 33.1 Å². The number of rotatable bonds is 0. The number of Topliss-reactive ketones (excluding diaryl/α,β-unsaturated/α-hetero) is 1. The first-order valence-corrected chi connectivity index (χ1v) is 3.84. The molecule has 0 aromatic heterocycles. The third-order valence-corrected chi connectivity index (χ3v) is 2.03. The molecule has 0 unspecified atom stereocenters. The fourth-order valence-electron chi connectivity index (χ4n) is 1.17. The van der Waals surface area contributed by atoms with E-state index in [1.54, 1.807) is 0 Å². The van der Waals surface area contributed by atoms with Crippen molar-refractivity contribution in [1.82, 2.24) is 0 Å². The highest BCUT2D eigenvalue weighted by molar-refractivity contribution is 5.86. The monoisotopic (exact) mass is 138 g/mol. The van der Waals surface area contributed by atoms with E-state index in [1.165, 1.54) is 0 Å². The Bertz CT molecular complexity index is 166. The number of hydrogen-bond donors (Lipinski definition) is 0. The molecule has 0 aliphatic heterocycles. The van der Waals surface area contributed by atoms with Gasteiger partial charge in [0, 0.05) is 11.8 Å². The SMILES string of the molecule is CC1(C)C=CCCCC1=O. The minimum absolute atomic E-state index is 0.198. The molecule has 0 spiro atoms. The zero-order valence-corrected chi connectivity index (χ0v) is 6.68. The molecule has 10 heavy (non-hydrogen) atoms. The molecule has 0 amide bonds. The summed E-state index contributed by atoms with van der Waals surface area (Å²) in [5.41, 5.74) is -0.198. The summed E-state index contributed by atoms with van der Waals surface area (Å²) in [6.45, 7) is 3.97. The molecular weight excluding hydrogens is 124 g/mol. The molecule has 0 saturated heterocycles. The molecule has 0 bridgehead atoms. The highest BCUT2D eigenvalue weighted by Gasteiger charge is 2.24. The fourth-order valence-corrected chi connectivity index (χ4v) is 1.17. The maximum absolute atomic E-state index is 11.3. The van der Waals surface area contributed by atoms with Crippen LogP contribution in [0.1, 0.15) is 33.1 Å². The third kappa shape index (κ3) is 1.47. The zero-order chi connectivity index (χ0) is 7.61. The summed E-state index contributed by atoms with van der Waals surface area (Å²) >= 11 is 0. The molecule has 0 aromatic carbocycles. The molecule has 0 heterocycles. The van der Waals surface area contributed by atoms with Gasteiger partial charge in [-0.3, -0.25) is 4.79 Å². The summed E-state index contributed by atoms with van der Waals surface area (Å²) in [5.74, 6) is 0.376. The molecular formula is C9H14O. The second kappa shape index (κ2) is 2.57. The van der Waals surface area contributed by atoms with Gasteiger partial charge in [-0.15, -0.1) is 0 Å². The van der Waals surface area contributed by atoms with Gasteiger partial charge in [-0.1, -0.05) is 12.2 Å². The first-order chi connectivity index (χ1) is 4.63. The molecule has 1 rings (SSSR count). The Hall–Kier alpha value is -0.590. The van der Waals surface area contributed by atoms with E-state index in [0.29, 0.717) is 5.78 Å². The van der Waals surface area contributed by atoms with E-state index in [-0.39, 0.29) is 5.41 Å². The first-order valence-electron chi connectivity index (χ1n) is 3.84. The van der Waals surface area contributed by atoms with Gasteiger partial charge in [0.1, 0.15) is 5.78 Å². The molecule has 0 atom stereocenters. The second-order valence-corrected chi connectivity index (χ2v) is 3.44. The second-order valence-electron chi connectivity index (χ2n) is 3.44. The summed E-state index contributed by atoms with van der Waals surface area (Å²) in [6, 6.07) is 0. The van der Waals surface area contributed by atoms with Crippen molar-refractivity contribution in [3.63, 3.8) is 0 Å². The van der Waals surface area contributed by atoms with Gasteiger partial charge in [0.15, 0.2) is 0 Å². The van der Waals surface area contributed by atoms with Crippen LogP contribution < -0.4 is 0 Å². The smallest absolute Gasteiger partial charge is 0.142 e. The lowest BCUT2D eigenvalue weighted by Gasteiger charge is -2.15. The van der Waals surface area contributed by atoms with Crippen LogP contribution in [0.15, 0.2) is 12.2 Å². The summed E-state index contributed by atoms with van der Waals surface area (Å²) in [7, 11) is 0. The number of ketones is 1. The topological polar surface area (TPSA) is 17.1 Å². The maximum Gasteiger partial charge on any atom is 0.142 e. The number of hydrogen-bond acceptors (Lipinski definition) is 1. The van der Waals surface area contributed by atoms with Crippen LogP contribution in [0.25, 0.3) is 0 Å². The van der Waals surface area contributed by atoms with E-state index in [1.807, 2.05) is 19.9 Å². The van der Waals surface area contributed by atoms with Crippen LogP contribution in [0.4, 0.5) is 0 Å². The molecule has 1 aliphatic carbocycles. The molecule has 0 saturated carbocycles. The maximum atomic E-state index is 11.3. The summed E-state index contributed by atoms with van der Waals surface area (Å²) in [4.78, 5) is 11.3. The average Bonchev–Trinajstić information content (AvgIpc) is 1.96. The van der Waals surface area contributed by atoms with Crippen molar-refractivity contribution < 1.29 is 4.79 Å². The van der Waals surface area contributed by atoms with E-state index in [2.05, 4.69) is 6.08 Å². The van der Waals surface area contributed by atoms with Crippen molar-refractivity contribution in [1.29, 1.82) is 0 Å². The lowest BCUT2D eigenvalue weighted by Crippen LogP contribution is -2.19. The van der Waals surface area contributed by atoms with Gasteiger partial charge in [-0.05, 0) is 26.7 Å². The third-order valence-electron chi connectivity index (χ3n) is 2.03. The zero-order valence-electron chi connectivity index (χ0n) is 6.68. The molecule has 0 N–H and O–H groups in total. The largest absolute Gasteiger partial charge is 0.299 e. The lowest BCUT2D eigenvalue weighted by atomic mass is 9.87. The Morgan fingerprint density at radius 1 is 1.50 bits per heavy atom. The Morgan fingerprint density at radius 3 is 2.90 bits per heavy atom. The standard InChI is InChI=1S/C9H14O/c1-9(2)7-5-3-4-6-8(9)10/h5,7H,3-4,6H2,1-2H3. The van der Waals surface area contributed by atoms with Crippen molar-refractivity contribution in [3.05, 3.63) is 12.2 Å². The molecule has 1 nitrogen and oxygen atoms in total. The number of allylic oxidation sites excluding steroid dienone is 2. The van der Waals surface area contributed by atoms with Crippen LogP contribution >= 0.6 is 0 Å². The van der Waals surface area contributed by atoms with Gasteiger partial charge in [0.2, 0.25) is 0 Å². The van der Waals surface area contributed by atoms with Crippen LogP contribution in [0.3, 0.4) is 0 Å². The van der Waals surface area contributed by atoms with Crippen LogP contribution in [0.2, 0.25) is 0 Å². The van der Waals surface area contributed by atoms with Gasteiger partial charge in [0.25, 0.3) is 0 Å². The highest BCUT2D eigenvalue weighted by atomic mass is 16.1. The first kappa shape index (κ1) is 7.52. The summed E-state index contributed by atoms with van der Waals surface area (Å²) in [6.07, 6.45) is 6.99. The van der Waals surface area contributed by atoms with E-state index < -0.39 is 0 Å². The van der Waals surface area contributed by atoms with E-state index >= 15 is 0 Å². The van der Waals surface area contributed by atoms with Crippen LogP contribution in [0.5, 0.6) is 0 Å². The van der Waals surface area contributed by atoms with Crippen LogP contribution in [-0.2, 0) is 4.79 Å². The normalized spacial score (nSPS) is 24.4.